The van der Waals surface area contributed by atoms with Gasteiger partial charge in [0.15, 0.2) is 5.58 Å². The quantitative estimate of drug-likeness (QED) is 0.154. The van der Waals surface area contributed by atoms with Gasteiger partial charge in [-0.1, -0.05) is 131 Å². The smallest absolute Gasteiger partial charge is 0.227 e. The van der Waals surface area contributed by atoms with Crippen LogP contribution in [-0.2, 0) is 0 Å². The third-order valence-electron chi connectivity index (χ3n) is 11.0. The lowest BCUT2D eigenvalue weighted by Crippen LogP contribution is -2.09. The fourth-order valence-corrected chi connectivity index (χ4v) is 8.38. The maximum Gasteiger partial charge on any atom is 0.227 e. The van der Waals surface area contributed by atoms with Crippen molar-refractivity contribution in [2.45, 2.75) is 27.7 Å². The fraction of sp³-hybridized carbons (Fsp3) is 0.0727. The highest BCUT2D eigenvalue weighted by Crippen LogP contribution is 2.41. The van der Waals surface area contributed by atoms with E-state index in [1.54, 1.807) is 0 Å². The largest absolute Gasteiger partial charge is 0.436 e. The number of rotatable bonds is 8. The number of aryl methyl sites for hydroxylation is 4. The number of para-hydroxylation sites is 3. The molecule has 2 aromatic heterocycles. The molecule has 0 saturated carbocycles. The Morgan fingerprint density at radius 3 is 1.30 bits per heavy atom. The van der Waals surface area contributed by atoms with Gasteiger partial charge in [-0.25, -0.2) is 15.0 Å². The molecular formula is C55H42N4O. The Hall–Kier alpha value is -7.63. The van der Waals surface area contributed by atoms with Crippen molar-refractivity contribution in [1.82, 2.24) is 15.0 Å². The van der Waals surface area contributed by atoms with Gasteiger partial charge in [0.2, 0.25) is 5.89 Å². The normalized spacial score (nSPS) is 11.3. The molecular weight excluding hydrogens is 733 g/mol. The summed E-state index contributed by atoms with van der Waals surface area (Å²) in [4.78, 5) is 17.9. The van der Waals surface area contributed by atoms with Crippen LogP contribution in [-0.4, -0.2) is 15.0 Å². The molecule has 10 aromatic rings. The zero-order valence-corrected chi connectivity index (χ0v) is 34.0. The van der Waals surface area contributed by atoms with Crippen LogP contribution in [0, 0.1) is 27.7 Å². The van der Waals surface area contributed by atoms with Gasteiger partial charge >= 0.3 is 0 Å². The minimum absolute atomic E-state index is 0.603. The summed E-state index contributed by atoms with van der Waals surface area (Å²) in [6.07, 6.45) is 0. The molecule has 0 unspecified atom stereocenters. The number of benzene rings is 8. The van der Waals surface area contributed by atoms with Crippen LogP contribution in [0.15, 0.2) is 186 Å². The first-order valence-corrected chi connectivity index (χ1v) is 20.3. The highest BCUT2D eigenvalue weighted by molar-refractivity contribution is 5.96. The van der Waals surface area contributed by atoms with Gasteiger partial charge in [-0.2, -0.15) is 0 Å². The Bertz CT molecular complexity index is 3100. The van der Waals surface area contributed by atoms with Gasteiger partial charge in [-0.3, -0.25) is 0 Å². The van der Waals surface area contributed by atoms with Gasteiger partial charge < -0.3 is 9.32 Å². The molecule has 0 fully saturated rings. The molecule has 0 aliphatic heterocycles. The molecule has 288 valence electrons. The standard InChI is InChI=1S/C55H42N4O/c1-35-27-36(2)30-42(29-35)47-33-50-51(34-48(47)43-31-37(3)28-38(4)32-43)57-54(53(56-50)39-13-7-5-8-14-39)40-19-23-45(24-20-40)59(44-15-9-6-10-16-44)46-25-21-41(22-26-46)55-58-49-17-11-12-18-52(49)60-55/h5-34H,1-4H3. The Labute approximate surface area is 350 Å². The summed E-state index contributed by atoms with van der Waals surface area (Å²) in [5.74, 6) is 0.603. The van der Waals surface area contributed by atoms with Crippen molar-refractivity contribution in [1.29, 1.82) is 0 Å². The van der Waals surface area contributed by atoms with Crippen LogP contribution < -0.4 is 4.90 Å². The summed E-state index contributed by atoms with van der Waals surface area (Å²) >= 11 is 0. The van der Waals surface area contributed by atoms with E-state index in [9.17, 15) is 0 Å². The first kappa shape index (κ1) is 36.7. The molecule has 0 saturated heterocycles. The predicted octanol–water partition coefficient (Wildman–Crippen LogP) is 14.8. The minimum atomic E-state index is 0.603. The van der Waals surface area contributed by atoms with Crippen LogP contribution in [0.4, 0.5) is 17.1 Å². The lowest BCUT2D eigenvalue weighted by molar-refractivity contribution is 0.620. The molecule has 5 nitrogen and oxygen atoms in total. The van der Waals surface area contributed by atoms with Crippen LogP contribution in [0.5, 0.6) is 0 Å². The molecule has 0 aliphatic carbocycles. The second kappa shape index (κ2) is 15.3. The van der Waals surface area contributed by atoms with Gasteiger partial charge in [0.1, 0.15) is 5.52 Å². The molecule has 8 aromatic carbocycles. The number of aromatic nitrogens is 3. The van der Waals surface area contributed by atoms with Gasteiger partial charge in [0, 0.05) is 33.8 Å². The number of hydrogen-bond acceptors (Lipinski definition) is 5. The summed E-state index contributed by atoms with van der Waals surface area (Å²) < 4.78 is 6.08. The zero-order chi connectivity index (χ0) is 40.7. The first-order valence-electron chi connectivity index (χ1n) is 20.3. The van der Waals surface area contributed by atoms with Crippen molar-refractivity contribution in [3.05, 3.63) is 204 Å². The van der Waals surface area contributed by atoms with Crippen LogP contribution >= 0.6 is 0 Å². The maximum absolute atomic E-state index is 6.08. The lowest BCUT2D eigenvalue weighted by atomic mass is 9.90. The maximum atomic E-state index is 6.08. The van der Waals surface area contributed by atoms with E-state index in [2.05, 4.69) is 178 Å². The van der Waals surface area contributed by atoms with E-state index in [0.29, 0.717) is 5.89 Å². The van der Waals surface area contributed by atoms with Crippen molar-refractivity contribution in [3.63, 3.8) is 0 Å². The highest BCUT2D eigenvalue weighted by Gasteiger charge is 2.19. The topological polar surface area (TPSA) is 55.1 Å². The molecule has 0 N–H and O–H groups in total. The SMILES string of the molecule is Cc1cc(C)cc(-c2cc3nc(-c4ccccc4)c(-c4ccc(N(c5ccccc5)c5ccc(-c6nc7ccccc7o6)cc5)cc4)nc3cc2-c2cc(C)cc(C)c2)c1. The Balaban J connectivity index is 1.10. The average molecular weight is 775 g/mol. The summed E-state index contributed by atoms with van der Waals surface area (Å²) in [6.45, 7) is 8.65. The van der Waals surface area contributed by atoms with Crippen molar-refractivity contribution in [2.24, 2.45) is 0 Å². The molecule has 0 aliphatic rings. The van der Waals surface area contributed by atoms with Crippen molar-refractivity contribution in [2.75, 3.05) is 4.90 Å². The molecule has 5 heteroatoms. The summed E-state index contributed by atoms with van der Waals surface area (Å²) in [5.41, 5.74) is 20.6. The highest BCUT2D eigenvalue weighted by atomic mass is 16.3. The summed E-state index contributed by atoms with van der Waals surface area (Å²) in [6, 6.07) is 63.7. The van der Waals surface area contributed by atoms with Crippen LogP contribution in [0.25, 0.3) is 78.4 Å². The third-order valence-corrected chi connectivity index (χ3v) is 11.0. The van der Waals surface area contributed by atoms with Crippen molar-refractivity contribution in [3.8, 4) is 56.2 Å². The molecule has 0 amide bonds. The van der Waals surface area contributed by atoms with E-state index >= 15 is 0 Å². The van der Waals surface area contributed by atoms with E-state index in [-0.39, 0.29) is 0 Å². The van der Waals surface area contributed by atoms with Crippen molar-refractivity contribution < 1.29 is 4.42 Å². The number of nitrogens with zero attached hydrogens (tertiary/aromatic N) is 4. The number of fused-ring (bicyclic) bond motifs is 2. The zero-order valence-electron chi connectivity index (χ0n) is 34.0. The summed E-state index contributed by atoms with van der Waals surface area (Å²) in [7, 11) is 0. The van der Waals surface area contributed by atoms with Gasteiger partial charge in [0.05, 0.1) is 22.4 Å². The van der Waals surface area contributed by atoms with Gasteiger partial charge in [-0.05, 0) is 123 Å². The van der Waals surface area contributed by atoms with E-state index in [4.69, 9.17) is 19.4 Å². The molecule has 2 heterocycles. The molecule has 0 spiro atoms. The third kappa shape index (κ3) is 7.11. The van der Waals surface area contributed by atoms with Gasteiger partial charge in [0.25, 0.3) is 0 Å². The first-order chi connectivity index (χ1) is 29.3. The van der Waals surface area contributed by atoms with Crippen LogP contribution in [0.3, 0.4) is 0 Å². The molecule has 0 bridgehead atoms. The van der Waals surface area contributed by atoms with Crippen molar-refractivity contribution >= 4 is 39.2 Å². The van der Waals surface area contributed by atoms with Crippen LogP contribution in [0.1, 0.15) is 22.3 Å². The fourth-order valence-electron chi connectivity index (χ4n) is 8.38. The van der Waals surface area contributed by atoms with E-state index < -0.39 is 0 Å². The Morgan fingerprint density at radius 1 is 0.350 bits per heavy atom. The number of anilines is 3. The molecule has 0 radical (unpaired) electrons. The number of hydrogen-bond donors (Lipinski definition) is 0. The molecule has 60 heavy (non-hydrogen) atoms. The average Bonchev–Trinajstić information content (AvgIpc) is 3.71. The van der Waals surface area contributed by atoms with Gasteiger partial charge in [-0.15, -0.1) is 0 Å². The van der Waals surface area contributed by atoms with E-state index in [1.165, 1.54) is 33.4 Å². The Kier molecular flexibility index (Phi) is 9.34. The van der Waals surface area contributed by atoms with Crippen LogP contribution in [0.2, 0.25) is 0 Å². The Morgan fingerprint density at radius 2 is 0.783 bits per heavy atom. The van der Waals surface area contributed by atoms with E-state index in [1.807, 2.05) is 36.4 Å². The monoisotopic (exact) mass is 774 g/mol. The predicted molar refractivity (Wildman–Crippen MR) is 248 cm³/mol. The molecule has 10 rings (SSSR count). The minimum Gasteiger partial charge on any atom is -0.436 e. The van der Waals surface area contributed by atoms with E-state index in [0.717, 1.165) is 78.4 Å². The molecule has 0 atom stereocenters. The number of oxazole rings is 1. The lowest BCUT2D eigenvalue weighted by Gasteiger charge is -2.25. The second-order valence-corrected chi connectivity index (χ2v) is 15.7. The summed E-state index contributed by atoms with van der Waals surface area (Å²) in [5, 5.41) is 0. The second-order valence-electron chi connectivity index (χ2n) is 15.7.